The Kier molecular flexibility index (Phi) is 6.95. The van der Waals surface area contributed by atoms with Gasteiger partial charge in [-0.1, -0.05) is 182 Å². The van der Waals surface area contributed by atoms with Crippen LogP contribution < -0.4 is 0 Å². The summed E-state index contributed by atoms with van der Waals surface area (Å²) in [6, 6.07) is 65.5. The van der Waals surface area contributed by atoms with Gasteiger partial charge in [-0.15, -0.1) is 0 Å². The minimum Gasteiger partial charge on any atom is -0.309 e. The molecule has 10 aromatic carbocycles. The molecule has 0 N–H and O–H groups in total. The molecule has 12 rings (SSSR count). The van der Waals surface area contributed by atoms with Crippen LogP contribution >= 0.6 is 0 Å². The van der Waals surface area contributed by atoms with Crippen LogP contribution in [0.4, 0.5) is 0 Å². The third-order valence-corrected chi connectivity index (χ3v) is 12.0. The number of hydrogen-bond acceptors (Lipinski definition) is 0. The lowest BCUT2D eigenvalue weighted by Crippen LogP contribution is -1.94. The summed E-state index contributed by atoms with van der Waals surface area (Å²) in [7, 11) is 0. The van der Waals surface area contributed by atoms with Gasteiger partial charge in [0.15, 0.2) is 0 Å². The molecule has 0 radical (unpaired) electrons. The molecule has 2 aromatic heterocycles. The van der Waals surface area contributed by atoms with Gasteiger partial charge in [-0.05, 0) is 116 Å². The third-order valence-electron chi connectivity index (χ3n) is 12.0. The summed E-state index contributed by atoms with van der Waals surface area (Å²) in [5.41, 5.74) is 13.0. The van der Waals surface area contributed by atoms with Crippen LogP contribution in [0.3, 0.4) is 0 Å². The molecule has 0 aliphatic rings. The first-order valence-corrected chi connectivity index (χ1v) is 20.8. The van der Waals surface area contributed by atoms with Crippen molar-refractivity contribution in [3.63, 3.8) is 0 Å². The molecule has 2 heterocycles. The molecule has 0 atom stereocenters. The van der Waals surface area contributed by atoms with Crippen LogP contribution in [0.1, 0.15) is 9.60 Å². The van der Waals surface area contributed by atoms with E-state index >= 15 is 0 Å². The lowest BCUT2D eigenvalue weighted by Gasteiger charge is -2.11. The fraction of sp³-hybridized carbons (Fsp3) is 0. The zero-order chi connectivity index (χ0) is 47.1. The van der Waals surface area contributed by atoms with E-state index < -0.39 is 12.1 Å². The predicted molar refractivity (Wildman–Crippen MR) is 262 cm³/mol. The molecule has 0 fully saturated rings. The topological polar surface area (TPSA) is 9.86 Å². The Balaban J connectivity index is 1.06. The van der Waals surface area contributed by atoms with E-state index in [1.54, 1.807) is 4.57 Å². The summed E-state index contributed by atoms with van der Waals surface area (Å²) in [6.07, 6.45) is 0. The summed E-state index contributed by atoms with van der Waals surface area (Å²) in [4.78, 5) is 0. The average Bonchev–Trinajstić information content (AvgIpc) is 3.94. The SMILES string of the molecule is [2H]c1c([2H])c([2H])c2c(c1[2H])c1c([2H])c(-c3ccc4c(c3)c3c(-c5ccc(-c6ccccc6)cc5)cccc3n4-c3ccccc3)c([2H])c([2H])c1n2-c1ccc(-c2ccc(-c3ccccc3)cc2)cc1. The lowest BCUT2D eigenvalue weighted by atomic mass is 9.95. The second kappa shape index (κ2) is 14.8. The molecule has 0 amide bonds. The summed E-state index contributed by atoms with van der Waals surface area (Å²) < 4.78 is 69.3. The lowest BCUT2D eigenvalue weighted by molar-refractivity contribution is 1.18. The van der Waals surface area contributed by atoms with Gasteiger partial charge in [0.2, 0.25) is 0 Å². The Hall–Kier alpha value is -8.20. The largest absolute Gasteiger partial charge is 0.309 e. The van der Waals surface area contributed by atoms with Crippen molar-refractivity contribution in [3.8, 4) is 67.0 Å². The van der Waals surface area contributed by atoms with Gasteiger partial charge in [0.25, 0.3) is 0 Å². The summed E-state index contributed by atoms with van der Waals surface area (Å²) in [5.74, 6) is 0. The maximum Gasteiger partial charge on any atom is 0.0645 e. The van der Waals surface area contributed by atoms with E-state index in [2.05, 4.69) is 108 Å². The van der Waals surface area contributed by atoms with Crippen molar-refractivity contribution in [2.45, 2.75) is 0 Å². The molecule has 0 saturated heterocycles. The summed E-state index contributed by atoms with van der Waals surface area (Å²) in [5, 5.41) is 2.23. The minimum atomic E-state index is -0.428. The van der Waals surface area contributed by atoms with Crippen LogP contribution in [-0.4, -0.2) is 9.13 Å². The number of aromatic nitrogens is 2. The molecule has 290 valence electrons. The first-order valence-electron chi connectivity index (χ1n) is 24.3. The smallest absolute Gasteiger partial charge is 0.0645 e. The highest BCUT2D eigenvalue weighted by Gasteiger charge is 2.19. The first kappa shape index (κ1) is 29.1. The van der Waals surface area contributed by atoms with Gasteiger partial charge in [-0.3, -0.25) is 0 Å². The number of para-hydroxylation sites is 2. The Morgan fingerprint density at radius 1 is 0.290 bits per heavy atom. The molecule has 0 saturated carbocycles. The second-order valence-corrected chi connectivity index (χ2v) is 15.6. The van der Waals surface area contributed by atoms with Gasteiger partial charge in [0.1, 0.15) is 0 Å². The second-order valence-electron chi connectivity index (χ2n) is 15.6. The molecule has 0 aliphatic carbocycles. The van der Waals surface area contributed by atoms with Crippen molar-refractivity contribution >= 4 is 43.6 Å². The number of hydrogen-bond donors (Lipinski definition) is 0. The van der Waals surface area contributed by atoms with Crippen LogP contribution in [0.5, 0.6) is 0 Å². The highest BCUT2D eigenvalue weighted by molar-refractivity contribution is 6.17. The van der Waals surface area contributed by atoms with Gasteiger partial charge >= 0.3 is 0 Å². The fourth-order valence-electron chi connectivity index (χ4n) is 9.00. The number of rotatable bonds is 7. The number of nitrogens with zero attached hydrogens (tertiary/aromatic N) is 2. The monoisotopic (exact) mass is 795 g/mol. The van der Waals surface area contributed by atoms with E-state index in [0.717, 1.165) is 72.0 Å². The van der Waals surface area contributed by atoms with Gasteiger partial charge in [-0.25, -0.2) is 0 Å². The van der Waals surface area contributed by atoms with Gasteiger partial charge in [-0.2, -0.15) is 0 Å². The van der Waals surface area contributed by atoms with Crippen LogP contribution in [0.15, 0.2) is 242 Å². The van der Waals surface area contributed by atoms with Crippen LogP contribution in [0, 0.1) is 0 Å². The van der Waals surface area contributed by atoms with E-state index in [9.17, 15) is 6.85 Å². The molecule has 0 unspecified atom stereocenters. The van der Waals surface area contributed by atoms with Crippen molar-refractivity contribution in [1.82, 2.24) is 9.13 Å². The van der Waals surface area contributed by atoms with Crippen molar-refractivity contribution in [2.24, 2.45) is 0 Å². The van der Waals surface area contributed by atoms with Crippen LogP contribution in [0.25, 0.3) is 111 Å². The molecule has 0 bridgehead atoms. The fourth-order valence-corrected chi connectivity index (χ4v) is 9.00. The quantitative estimate of drug-likeness (QED) is 0.152. The molecule has 0 spiro atoms. The molecule has 12 aromatic rings. The Morgan fingerprint density at radius 3 is 1.44 bits per heavy atom. The number of fused-ring (bicyclic) bond motifs is 6. The van der Waals surface area contributed by atoms with Crippen LogP contribution in [0.2, 0.25) is 0 Å². The molecular formula is C60H40N2. The highest BCUT2D eigenvalue weighted by atomic mass is 15.0. The van der Waals surface area contributed by atoms with Crippen molar-refractivity contribution in [1.29, 1.82) is 0 Å². The first-order chi connectivity index (χ1) is 33.7. The Labute approximate surface area is 370 Å². The molecule has 0 aliphatic heterocycles. The van der Waals surface area contributed by atoms with E-state index in [0.29, 0.717) is 11.3 Å². The van der Waals surface area contributed by atoms with E-state index in [1.807, 2.05) is 97.1 Å². The molecule has 2 nitrogen and oxygen atoms in total. The Bertz CT molecular complexity index is 3980. The highest BCUT2D eigenvalue weighted by Crippen LogP contribution is 2.42. The maximum atomic E-state index is 9.99. The van der Waals surface area contributed by atoms with Gasteiger partial charge in [0.05, 0.1) is 31.7 Å². The molecule has 62 heavy (non-hydrogen) atoms. The maximum absolute atomic E-state index is 9.99. The normalized spacial score (nSPS) is 13.1. The van der Waals surface area contributed by atoms with Crippen molar-refractivity contribution in [2.75, 3.05) is 0 Å². The van der Waals surface area contributed by atoms with Crippen molar-refractivity contribution in [3.05, 3.63) is 242 Å². The average molecular weight is 796 g/mol. The van der Waals surface area contributed by atoms with Gasteiger partial charge in [0, 0.05) is 32.9 Å². The van der Waals surface area contributed by atoms with E-state index in [4.69, 9.17) is 2.74 Å². The number of benzene rings is 10. The van der Waals surface area contributed by atoms with E-state index in [1.165, 1.54) is 0 Å². The summed E-state index contributed by atoms with van der Waals surface area (Å²) in [6.45, 7) is 0. The molecule has 2 heteroatoms. The van der Waals surface area contributed by atoms with Gasteiger partial charge < -0.3 is 9.13 Å². The van der Waals surface area contributed by atoms with Crippen molar-refractivity contribution < 1.29 is 9.60 Å². The minimum absolute atomic E-state index is 0.0854. The standard InChI is InChI=1S/C60H40N2/c1-4-13-41(14-5-1)43-23-25-45(26-24-43)46-31-35-51(36-32-46)61-56-21-11-10-19-53(56)54-39-48(33-37-57(54)61)49-34-38-58-55(40-49)60-52(20-12-22-59(60)62(58)50-17-8-3-9-18-50)47-29-27-44(28-30-47)42-15-6-2-7-16-42/h1-40H/i10D,11D,19D,21D,33D,37D,39D. The third kappa shape index (κ3) is 6.04. The zero-order valence-electron chi connectivity index (χ0n) is 40.4. The van der Waals surface area contributed by atoms with E-state index in [-0.39, 0.29) is 57.6 Å². The van der Waals surface area contributed by atoms with Crippen LogP contribution in [-0.2, 0) is 0 Å². The zero-order valence-corrected chi connectivity index (χ0v) is 33.4. The predicted octanol–water partition coefficient (Wildman–Crippen LogP) is 16.2. The summed E-state index contributed by atoms with van der Waals surface area (Å²) >= 11 is 0. The Morgan fingerprint density at radius 2 is 0.790 bits per heavy atom. The molecular weight excluding hydrogens is 749 g/mol.